The summed E-state index contributed by atoms with van der Waals surface area (Å²) < 4.78 is 1.73. The van der Waals surface area contributed by atoms with E-state index in [2.05, 4.69) is 11.2 Å². The molecule has 1 heterocycles. The third-order valence-corrected chi connectivity index (χ3v) is 3.21. The van der Waals surface area contributed by atoms with E-state index < -0.39 is 0 Å². The number of carbonyl (C=O) groups excluding carboxylic acids is 1. The Morgan fingerprint density at radius 1 is 1.10 bits per heavy atom. The summed E-state index contributed by atoms with van der Waals surface area (Å²) in [6.45, 7) is 1.89. The van der Waals surface area contributed by atoms with Gasteiger partial charge in [0.2, 0.25) is 0 Å². The van der Waals surface area contributed by atoms with Crippen LogP contribution in [0.25, 0.3) is 5.69 Å². The molecule has 1 radical (unpaired) electrons. The summed E-state index contributed by atoms with van der Waals surface area (Å²) in [6, 6.07) is 19.9. The number of carbonyl (C=O) groups is 1. The number of benzene rings is 2. The Morgan fingerprint density at radius 2 is 1.81 bits per heavy atom. The van der Waals surface area contributed by atoms with Gasteiger partial charge in [0.05, 0.1) is 11.8 Å². The second-order valence-electron chi connectivity index (χ2n) is 4.50. The Labute approximate surface area is 137 Å². The Kier molecular flexibility index (Phi) is 4.84. The maximum Gasteiger partial charge on any atom is 0.196 e. The largest absolute Gasteiger partial charge is 0.288 e. The van der Waals surface area contributed by atoms with Crippen molar-refractivity contribution in [3.8, 4) is 5.69 Å². The van der Waals surface area contributed by atoms with Gasteiger partial charge in [-0.05, 0) is 12.6 Å². The first-order valence-electron chi connectivity index (χ1n) is 6.39. The van der Waals surface area contributed by atoms with Crippen LogP contribution in [0.5, 0.6) is 0 Å². The quantitative estimate of drug-likeness (QED) is 0.451. The Bertz CT molecular complexity index is 736. The van der Waals surface area contributed by atoms with E-state index in [1.807, 2.05) is 61.5 Å². The van der Waals surface area contributed by atoms with Crippen LogP contribution in [0.4, 0.5) is 0 Å². The van der Waals surface area contributed by atoms with Crippen molar-refractivity contribution in [2.24, 2.45) is 0 Å². The molecular formula is C17H13IrN2O-. The maximum atomic E-state index is 12.4. The van der Waals surface area contributed by atoms with E-state index in [9.17, 15) is 4.79 Å². The molecule has 0 aliphatic heterocycles. The minimum absolute atomic E-state index is 0. The zero-order valence-corrected chi connectivity index (χ0v) is 13.8. The van der Waals surface area contributed by atoms with E-state index in [0.29, 0.717) is 11.1 Å². The molecular weight excluding hydrogens is 440 g/mol. The molecule has 0 amide bonds. The van der Waals surface area contributed by atoms with Crippen molar-refractivity contribution in [2.45, 2.75) is 6.92 Å². The van der Waals surface area contributed by atoms with E-state index >= 15 is 0 Å². The Hall–Kier alpha value is -2.03. The smallest absolute Gasteiger partial charge is 0.196 e. The number of aromatic nitrogens is 2. The third kappa shape index (κ3) is 3.02. The summed E-state index contributed by atoms with van der Waals surface area (Å²) >= 11 is 0. The molecule has 0 saturated heterocycles. The van der Waals surface area contributed by atoms with Crippen LogP contribution in [0.2, 0.25) is 0 Å². The molecule has 0 spiro atoms. The van der Waals surface area contributed by atoms with E-state index in [4.69, 9.17) is 0 Å². The molecule has 107 valence electrons. The first-order valence-corrected chi connectivity index (χ1v) is 6.39. The predicted molar refractivity (Wildman–Crippen MR) is 77.0 cm³/mol. The van der Waals surface area contributed by atoms with Gasteiger partial charge in [-0.1, -0.05) is 30.3 Å². The number of hydrogen-bond acceptors (Lipinski definition) is 2. The number of rotatable bonds is 3. The van der Waals surface area contributed by atoms with E-state index in [0.717, 1.165) is 11.4 Å². The van der Waals surface area contributed by atoms with Crippen molar-refractivity contribution >= 4 is 5.78 Å². The van der Waals surface area contributed by atoms with Crippen LogP contribution in [-0.2, 0) is 20.1 Å². The summed E-state index contributed by atoms with van der Waals surface area (Å²) in [6.07, 6.45) is 1.62. The van der Waals surface area contributed by atoms with Crippen LogP contribution in [0.15, 0.2) is 60.8 Å². The molecule has 0 bridgehead atoms. The predicted octanol–water partition coefficient (Wildman–Crippen LogP) is 3.21. The van der Waals surface area contributed by atoms with Crippen LogP contribution < -0.4 is 0 Å². The fourth-order valence-electron chi connectivity index (χ4n) is 2.14. The number of ketones is 1. The zero-order valence-electron chi connectivity index (χ0n) is 11.4. The SMILES string of the molecule is Cc1c(C(=O)c2ccccc2)cnn1-c1[c-]cccc1.[Ir]. The molecule has 4 heteroatoms. The average molecular weight is 454 g/mol. The van der Waals surface area contributed by atoms with Gasteiger partial charge < -0.3 is 0 Å². The van der Waals surface area contributed by atoms with Crippen molar-refractivity contribution in [2.75, 3.05) is 0 Å². The van der Waals surface area contributed by atoms with Crippen LogP contribution in [0.1, 0.15) is 21.6 Å². The Morgan fingerprint density at radius 3 is 2.48 bits per heavy atom. The summed E-state index contributed by atoms with van der Waals surface area (Å²) in [5, 5.41) is 4.30. The minimum atomic E-state index is -0.00900. The molecule has 3 nitrogen and oxygen atoms in total. The van der Waals surface area contributed by atoms with Crippen LogP contribution in [0.3, 0.4) is 0 Å². The summed E-state index contributed by atoms with van der Waals surface area (Å²) in [5.74, 6) is -0.00900. The summed E-state index contributed by atoms with van der Waals surface area (Å²) in [7, 11) is 0. The molecule has 3 rings (SSSR count). The first kappa shape index (κ1) is 15.4. The molecule has 3 aromatic rings. The van der Waals surface area contributed by atoms with Crippen molar-refractivity contribution in [3.63, 3.8) is 0 Å². The van der Waals surface area contributed by atoms with Crippen LogP contribution >= 0.6 is 0 Å². The molecule has 21 heavy (non-hydrogen) atoms. The first-order chi connectivity index (χ1) is 9.77. The van der Waals surface area contributed by atoms with Gasteiger partial charge in [-0.15, -0.1) is 6.07 Å². The molecule has 0 atom stereocenters. The maximum absolute atomic E-state index is 12.4. The molecule has 0 aliphatic carbocycles. The van der Waals surface area contributed by atoms with Gasteiger partial charge in [-0.2, -0.15) is 29.4 Å². The molecule has 0 fully saturated rings. The normalized spacial score (nSPS) is 9.95. The second kappa shape index (κ2) is 6.61. The van der Waals surface area contributed by atoms with Gasteiger partial charge in [0, 0.05) is 31.4 Å². The van der Waals surface area contributed by atoms with Crippen molar-refractivity contribution < 1.29 is 24.9 Å². The zero-order chi connectivity index (χ0) is 13.9. The third-order valence-electron chi connectivity index (χ3n) is 3.21. The van der Waals surface area contributed by atoms with Crippen molar-refractivity contribution in [3.05, 3.63) is 83.7 Å². The minimum Gasteiger partial charge on any atom is -0.288 e. The van der Waals surface area contributed by atoms with Crippen molar-refractivity contribution in [1.82, 2.24) is 9.78 Å². The molecule has 0 N–H and O–H groups in total. The van der Waals surface area contributed by atoms with E-state index in [1.54, 1.807) is 10.9 Å². The second-order valence-corrected chi connectivity index (χ2v) is 4.50. The molecule has 0 aliphatic rings. The molecule has 0 saturated carbocycles. The standard InChI is InChI=1S/C17H13N2O.Ir/c1-13-16(17(20)14-8-4-2-5-9-14)12-18-19(13)15-10-6-3-7-11-15;/h2-10,12H,1H3;/q-1;. The van der Waals surface area contributed by atoms with Gasteiger partial charge in [0.15, 0.2) is 5.78 Å². The number of para-hydroxylation sites is 1. The molecule has 2 aromatic carbocycles. The topological polar surface area (TPSA) is 34.9 Å². The monoisotopic (exact) mass is 454 g/mol. The van der Waals surface area contributed by atoms with Gasteiger partial charge >= 0.3 is 0 Å². The van der Waals surface area contributed by atoms with Crippen LogP contribution in [0, 0.1) is 13.0 Å². The average Bonchev–Trinajstić information content (AvgIpc) is 2.90. The Balaban J connectivity index is 0.00000161. The van der Waals surface area contributed by atoms with Gasteiger partial charge in [0.1, 0.15) is 0 Å². The van der Waals surface area contributed by atoms with Crippen molar-refractivity contribution in [1.29, 1.82) is 0 Å². The van der Waals surface area contributed by atoms with Gasteiger partial charge in [-0.25, -0.2) is 0 Å². The molecule has 1 aromatic heterocycles. The summed E-state index contributed by atoms with van der Waals surface area (Å²) in [5.41, 5.74) is 2.94. The molecule has 0 unspecified atom stereocenters. The van der Waals surface area contributed by atoms with Gasteiger partial charge in [0.25, 0.3) is 0 Å². The number of hydrogen-bond donors (Lipinski definition) is 0. The fraction of sp³-hybridized carbons (Fsp3) is 0.0588. The van der Waals surface area contributed by atoms with E-state index in [-0.39, 0.29) is 25.9 Å². The summed E-state index contributed by atoms with van der Waals surface area (Å²) in [4.78, 5) is 12.4. The number of nitrogens with zero attached hydrogens (tertiary/aromatic N) is 2. The van der Waals surface area contributed by atoms with Crippen LogP contribution in [-0.4, -0.2) is 15.6 Å². The van der Waals surface area contributed by atoms with E-state index in [1.165, 1.54) is 0 Å². The fourth-order valence-corrected chi connectivity index (χ4v) is 2.14. The van der Waals surface area contributed by atoms with Gasteiger partial charge in [-0.3, -0.25) is 9.48 Å².